The van der Waals surface area contributed by atoms with Crippen molar-refractivity contribution < 1.29 is 9.53 Å². The third-order valence-electron chi connectivity index (χ3n) is 2.18. The molecule has 0 unspecified atom stereocenters. The fourth-order valence-electron chi connectivity index (χ4n) is 1.41. The molecule has 0 spiro atoms. The lowest BCUT2D eigenvalue weighted by atomic mass is 10.2. The largest absolute Gasteiger partial charge is 0.465 e. The van der Waals surface area contributed by atoms with Gasteiger partial charge in [-0.3, -0.25) is 0 Å². The van der Waals surface area contributed by atoms with Crippen molar-refractivity contribution >= 4 is 5.94 Å². The Balaban J connectivity index is 4.66. The van der Waals surface area contributed by atoms with E-state index in [-0.39, 0.29) is 5.88 Å². The number of unbranched alkanes of at least 4 members (excludes halogenated alkanes) is 2. The summed E-state index contributed by atoms with van der Waals surface area (Å²) in [5.41, 5.74) is 0.411. The lowest BCUT2D eigenvalue weighted by Crippen LogP contribution is -2.30. The maximum absolute atomic E-state index is 11.0. The van der Waals surface area contributed by atoms with Gasteiger partial charge in [0.2, 0.25) is 0 Å². The van der Waals surface area contributed by atoms with Crippen LogP contribution in [0.3, 0.4) is 0 Å². The van der Waals surface area contributed by atoms with Crippen LogP contribution in [0.15, 0.2) is 18.2 Å². The van der Waals surface area contributed by atoms with Gasteiger partial charge in [-0.05, 0) is 34.1 Å². The summed E-state index contributed by atoms with van der Waals surface area (Å²) < 4.78 is 5.60. The number of hydrogen-bond donors (Lipinski definition) is 0. The van der Waals surface area contributed by atoms with E-state index in [0.29, 0.717) is 0 Å². The summed E-state index contributed by atoms with van der Waals surface area (Å²) in [6, 6.07) is 0. The van der Waals surface area contributed by atoms with Crippen LogP contribution >= 0.6 is 0 Å². The van der Waals surface area contributed by atoms with Gasteiger partial charge < -0.3 is 9.64 Å². The minimum atomic E-state index is -0.398. The first-order valence-electron chi connectivity index (χ1n) is 6.19. The maximum Gasteiger partial charge on any atom is 0.282 e. The molecule has 98 valence electrons. The molecule has 0 amide bonds. The second-order valence-corrected chi connectivity index (χ2v) is 5.22. The smallest absolute Gasteiger partial charge is 0.282 e. The van der Waals surface area contributed by atoms with Crippen molar-refractivity contribution in [1.82, 2.24) is 4.90 Å². The number of hydrogen-bond acceptors (Lipinski definition) is 3. The molecule has 0 aliphatic carbocycles. The van der Waals surface area contributed by atoms with Crippen LogP contribution in [0.4, 0.5) is 0 Å². The first-order chi connectivity index (χ1) is 7.81. The van der Waals surface area contributed by atoms with E-state index in [4.69, 9.17) is 4.74 Å². The zero-order valence-electron chi connectivity index (χ0n) is 11.8. The van der Waals surface area contributed by atoms with Crippen molar-refractivity contribution in [3.05, 3.63) is 18.2 Å². The Labute approximate surface area is 105 Å². The Bertz CT molecular complexity index is 296. The van der Waals surface area contributed by atoms with Gasteiger partial charge in [-0.25, -0.2) is 4.79 Å². The van der Waals surface area contributed by atoms with Crippen LogP contribution in [0.2, 0.25) is 0 Å². The topological polar surface area (TPSA) is 29.5 Å². The molecule has 0 aromatic carbocycles. The van der Waals surface area contributed by atoms with E-state index in [0.717, 1.165) is 31.5 Å². The number of nitrogens with zero attached hydrogens (tertiary/aromatic N) is 1. The number of ether oxygens (including phenoxy) is 1. The molecule has 17 heavy (non-hydrogen) atoms. The van der Waals surface area contributed by atoms with E-state index in [2.05, 4.69) is 13.5 Å². The van der Waals surface area contributed by atoms with Crippen molar-refractivity contribution in [3.8, 4) is 0 Å². The summed E-state index contributed by atoms with van der Waals surface area (Å²) in [5.74, 6) is 2.11. The van der Waals surface area contributed by atoms with Gasteiger partial charge in [-0.1, -0.05) is 26.3 Å². The minimum Gasteiger partial charge on any atom is -0.465 e. The van der Waals surface area contributed by atoms with Gasteiger partial charge in [0.25, 0.3) is 5.88 Å². The second kappa shape index (κ2) is 7.18. The summed E-state index contributed by atoms with van der Waals surface area (Å²) in [5, 5.41) is 0. The molecule has 0 N–H and O–H groups in total. The van der Waals surface area contributed by atoms with Gasteiger partial charge in [-0.2, -0.15) is 0 Å². The molecular formula is C14H25NO2. The van der Waals surface area contributed by atoms with Gasteiger partial charge in [0, 0.05) is 12.2 Å². The third-order valence-corrected chi connectivity index (χ3v) is 2.18. The summed E-state index contributed by atoms with van der Waals surface area (Å²) >= 11 is 0. The first-order valence-corrected chi connectivity index (χ1v) is 6.19. The van der Waals surface area contributed by atoms with Crippen LogP contribution in [0, 0.1) is 0 Å². The van der Waals surface area contributed by atoms with E-state index in [9.17, 15) is 4.79 Å². The van der Waals surface area contributed by atoms with Crippen LogP contribution in [-0.4, -0.2) is 23.0 Å². The summed E-state index contributed by atoms with van der Waals surface area (Å²) in [7, 11) is 0. The Morgan fingerprint density at radius 2 is 1.94 bits per heavy atom. The molecule has 0 saturated heterocycles. The molecule has 3 nitrogen and oxygen atoms in total. The average molecular weight is 239 g/mol. The normalized spacial score (nSPS) is 10.6. The molecule has 0 aromatic heterocycles. The van der Waals surface area contributed by atoms with E-state index in [1.165, 1.54) is 0 Å². The van der Waals surface area contributed by atoms with Crippen molar-refractivity contribution in [2.45, 2.75) is 59.5 Å². The molecule has 0 rings (SSSR count). The first kappa shape index (κ1) is 15.8. The van der Waals surface area contributed by atoms with Crippen LogP contribution in [-0.2, 0) is 9.53 Å². The van der Waals surface area contributed by atoms with Crippen molar-refractivity contribution in [2.75, 3.05) is 6.54 Å². The van der Waals surface area contributed by atoms with Gasteiger partial charge in [0.05, 0.1) is 0 Å². The summed E-state index contributed by atoms with van der Waals surface area (Å²) in [4.78, 5) is 12.8. The monoisotopic (exact) mass is 239 g/mol. The van der Waals surface area contributed by atoms with Crippen molar-refractivity contribution in [3.63, 3.8) is 0 Å². The number of rotatable bonds is 7. The predicted octanol–water partition coefficient (Wildman–Crippen LogP) is 3.50. The zero-order valence-corrected chi connectivity index (χ0v) is 11.8. The van der Waals surface area contributed by atoms with Crippen LogP contribution in [0.5, 0.6) is 0 Å². The van der Waals surface area contributed by atoms with Gasteiger partial charge >= 0.3 is 0 Å². The molecular weight excluding hydrogens is 214 g/mol. The number of allylic oxidation sites excluding steroid dienone is 1. The highest BCUT2D eigenvalue weighted by Gasteiger charge is 2.20. The molecule has 0 bridgehead atoms. The summed E-state index contributed by atoms with van der Waals surface area (Å²) in [6.07, 6.45) is 3.29. The van der Waals surface area contributed by atoms with E-state index in [1.807, 2.05) is 33.6 Å². The fraction of sp³-hybridized carbons (Fsp3) is 0.714. The molecule has 0 aromatic rings. The second-order valence-electron chi connectivity index (χ2n) is 5.22. The molecule has 0 saturated carbocycles. The predicted molar refractivity (Wildman–Crippen MR) is 71.1 cm³/mol. The molecule has 0 radical (unpaired) electrons. The Morgan fingerprint density at radius 3 is 2.29 bits per heavy atom. The molecule has 0 heterocycles. The lowest BCUT2D eigenvalue weighted by Gasteiger charge is -2.30. The van der Waals surface area contributed by atoms with Gasteiger partial charge in [0.15, 0.2) is 5.94 Å². The van der Waals surface area contributed by atoms with Crippen LogP contribution in [0.25, 0.3) is 0 Å². The highest BCUT2D eigenvalue weighted by molar-refractivity contribution is 5.49. The standard InChI is InChI=1S/C14H25NO2/c1-7-8-9-10-15(12(2)3)13(11-16)17-14(4,5)6/h2,7-10H2,1,3-6H3. The molecule has 3 heteroatoms. The number of carbonyl (C=O) groups excluding carboxylic acids is 1. The summed E-state index contributed by atoms with van der Waals surface area (Å²) in [6.45, 7) is 14.4. The quantitative estimate of drug-likeness (QED) is 0.387. The van der Waals surface area contributed by atoms with E-state index in [1.54, 1.807) is 4.90 Å². The van der Waals surface area contributed by atoms with E-state index < -0.39 is 5.60 Å². The Kier molecular flexibility index (Phi) is 6.67. The highest BCUT2D eigenvalue weighted by Crippen LogP contribution is 2.18. The Hall–Kier alpha value is -1.21. The van der Waals surface area contributed by atoms with Gasteiger partial charge in [-0.15, -0.1) is 0 Å². The minimum absolute atomic E-state index is 0.237. The fourth-order valence-corrected chi connectivity index (χ4v) is 1.41. The molecule has 0 atom stereocenters. The maximum atomic E-state index is 11.0. The zero-order chi connectivity index (χ0) is 13.5. The van der Waals surface area contributed by atoms with Crippen molar-refractivity contribution in [1.29, 1.82) is 0 Å². The SMILES string of the molecule is C=C(C)N(CCCCC)C(=C=O)OC(C)(C)C. The average Bonchev–Trinajstić information content (AvgIpc) is 2.20. The van der Waals surface area contributed by atoms with Gasteiger partial charge in [0.1, 0.15) is 5.60 Å². The highest BCUT2D eigenvalue weighted by atomic mass is 16.5. The Morgan fingerprint density at radius 1 is 1.35 bits per heavy atom. The molecule has 0 aliphatic heterocycles. The molecule has 0 fully saturated rings. The molecule has 0 aliphatic rings. The van der Waals surface area contributed by atoms with Crippen LogP contribution in [0.1, 0.15) is 53.9 Å². The van der Waals surface area contributed by atoms with Crippen molar-refractivity contribution in [2.24, 2.45) is 0 Å². The lowest BCUT2D eigenvalue weighted by molar-refractivity contribution is 0.0135. The van der Waals surface area contributed by atoms with Crippen LogP contribution < -0.4 is 0 Å². The van der Waals surface area contributed by atoms with E-state index >= 15 is 0 Å². The third kappa shape index (κ3) is 6.85.